The van der Waals surface area contributed by atoms with Gasteiger partial charge in [-0.1, -0.05) is 61.4 Å². The molecule has 4 rings (SSSR count). The molecule has 0 saturated heterocycles. The van der Waals surface area contributed by atoms with Crippen molar-refractivity contribution in [1.29, 1.82) is 0 Å². The number of hydrogen-bond donors (Lipinski definition) is 2. The van der Waals surface area contributed by atoms with Gasteiger partial charge in [0, 0.05) is 11.1 Å². The van der Waals surface area contributed by atoms with E-state index in [4.69, 9.17) is 10.6 Å². The molecule has 0 spiro atoms. The molecule has 166 valence electrons. The molecule has 1 aliphatic rings. The number of benzene rings is 3. The van der Waals surface area contributed by atoms with Crippen LogP contribution in [0.2, 0.25) is 0 Å². The predicted octanol–water partition coefficient (Wildman–Crippen LogP) is 5.30. The molecule has 1 fully saturated rings. The quantitative estimate of drug-likeness (QED) is 0.300. The highest BCUT2D eigenvalue weighted by molar-refractivity contribution is 5.83. The third-order valence-electron chi connectivity index (χ3n) is 6.23. The summed E-state index contributed by atoms with van der Waals surface area (Å²) in [5.74, 6) is 4.21. The van der Waals surface area contributed by atoms with Crippen LogP contribution in [0.25, 0.3) is 11.1 Å². The second-order valence-corrected chi connectivity index (χ2v) is 8.34. The van der Waals surface area contributed by atoms with Crippen LogP contribution >= 0.6 is 0 Å². The molecule has 4 nitrogen and oxygen atoms in total. The molecular formula is C26H26F2N2O2. The molecule has 32 heavy (non-hydrogen) atoms. The van der Waals surface area contributed by atoms with Crippen LogP contribution in [0, 0.1) is 17.0 Å². The Kier molecular flexibility index (Phi) is 6.51. The summed E-state index contributed by atoms with van der Waals surface area (Å²) in [6, 6.07) is 18.6. The Bertz CT molecular complexity index is 1100. The highest BCUT2D eigenvalue weighted by Gasteiger charge is 2.40. The van der Waals surface area contributed by atoms with Crippen LogP contribution in [0.15, 0.2) is 66.7 Å². The number of para-hydroxylation sites is 1. The maximum Gasteiger partial charge on any atom is 0.240 e. The number of halogens is 2. The Morgan fingerprint density at radius 1 is 0.906 bits per heavy atom. The molecule has 3 aromatic rings. The summed E-state index contributed by atoms with van der Waals surface area (Å²) in [7, 11) is 0. The molecule has 0 heterocycles. The van der Waals surface area contributed by atoms with Crippen molar-refractivity contribution in [3.63, 3.8) is 0 Å². The van der Waals surface area contributed by atoms with Gasteiger partial charge in [-0.05, 0) is 48.6 Å². The second kappa shape index (κ2) is 9.49. The summed E-state index contributed by atoms with van der Waals surface area (Å²) in [6.07, 6.45) is 3.80. The summed E-state index contributed by atoms with van der Waals surface area (Å²) in [5, 5.41) is 0. The highest BCUT2D eigenvalue weighted by atomic mass is 19.1. The molecule has 0 atom stereocenters. The number of rotatable bonds is 7. The standard InChI is InChI=1S/C26H26F2N2O2/c27-22-12-11-19(16-26(25(31)30-29)13-4-5-14-26)15-21(22)20-9-6-10-23(28)24(20)32-17-18-7-2-1-3-8-18/h1-3,6-12,15H,4-5,13-14,16-17,29H2,(H,30,31). The molecule has 0 aliphatic heterocycles. The van der Waals surface area contributed by atoms with Crippen molar-refractivity contribution in [3.8, 4) is 16.9 Å². The summed E-state index contributed by atoms with van der Waals surface area (Å²) in [6.45, 7) is 0.163. The molecule has 0 radical (unpaired) electrons. The average molecular weight is 437 g/mol. The molecule has 6 heteroatoms. The zero-order chi connectivity index (χ0) is 22.6. The minimum Gasteiger partial charge on any atom is -0.485 e. The number of amides is 1. The van der Waals surface area contributed by atoms with E-state index in [0.29, 0.717) is 12.0 Å². The van der Waals surface area contributed by atoms with Crippen molar-refractivity contribution < 1.29 is 18.3 Å². The van der Waals surface area contributed by atoms with Crippen LogP contribution in [0.4, 0.5) is 8.78 Å². The maximum atomic E-state index is 14.9. The number of hydrazine groups is 1. The van der Waals surface area contributed by atoms with Crippen LogP contribution < -0.4 is 16.0 Å². The lowest BCUT2D eigenvalue weighted by Gasteiger charge is -2.27. The van der Waals surface area contributed by atoms with Crippen molar-refractivity contribution in [3.05, 3.63) is 89.5 Å². The van der Waals surface area contributed by atoms with Gasteiger partial charge >= 0.3 is 0 Å². The van der Waals surface area contributed by atoms with Gasteiger partial charge in [-0.25, -0.2) is 14.6 Å². The van der Waals surface area contributed by atoms with E-state index in [1.165, 1.54) is 18.2 Å². The van der Waals surface area contributed by atoms with Gasteiger partial charge in [0.1, 0.15) is 12.4 Å². The van der Waals surface area contributed by atoms with E-state index in [2.05, 4.69) is 5.43 Å². The number of nitrogens with one attached hydrogen (secondary N) is 1. The predicted molar refractivity (Wildman–Crippen MR) is 120 cm³/mol. The summed E-state index contributed by atoms with van der Waals surface area (Å²) >= 11 is 0. The molecule has 3 N–H and O–H groups in total. The molecule has 0 bridgehead atoms. The SMILES string of the molecule is NNC(=O)C1(Cc2ccc(F)c(-c3cccc(F)c3OCc3ccccc3)c2)CCCC1. The van der Waals surface area contributed by atoms with E-state index in [-0.39, 0.29) is 23.8 Å². The number of ether oxygens (including phenoxy) is 1. The van der Waals surface area contributed by atoms with Gasteiger partial charge in [-0.15, -0.1) is 0 Å². The van der Waals surface area contributed by atoms with E-state index >= 15 is 0 Å². The Labute approximate surface area is 186 Å². The average Bonchev–Trinajstić information content (AvgIpc) is 3.29. The number of hydrogen-bond acceptors (Lipinski definition) is 3. The number of carbonyl (C=O) groups is 1. The van der Waals surface area contributed by atoms with E-state index in [1.807, 2.05) is 30.3 Å². The summed E-state index contributed by atoms with van der Waals surface area (Å²) in [4.78, 5) is 12.5. The molecule has 1 aliphatic carbocycles. The lowest BCUT2D eigenvalue weighted by Crippen LogP contribution is -2.44. The zero-order valence-corrected chi connectivity index (χ0v) is 17.7. The Morgan fingerprint density at radius 2 is 1.66 bits per heavy atom. The maximum absolute atomic E-state index is 14.9. The van der Waals surface area contributed by atoms with Crippen LogP contribution in [-0.4, -0.2) is 5.91 Å². The highest BCUT2D eigenvalue weighted by Crippen LogP contribution is 2.42. The monoisotopic (exact) mass is 436 g/mol. The number of nitrogens with two attached hydrogens (primary N) is 1. The fourth-order valence-electron chi connectivity index (χ4n) is 4.57. The Balaban J connectivity index is 1.67. The van der Waals surface area contributed by atoms with Crippen molar-refractivity contribution in [2.45, 2.75) is 38.7 Å². The van der Waals surface area contributed by atoms with Gasteiger partial charge in [0.2, 0.25) is 5.91 Å². The fraction of sp³-hybridized carbons (Fsp3) is 0.269. The van der Waals surface area contributed by atoms with Crippen LogP contribution in [0.1, 0.15) is 36.8 Å². The third kappa shape index (κ3) is 4.50. The first-order valence-corrected chi connectivity index (χ1v) is 10.8. The van der Waals surface area contributed by atoms with Gasteiger partial charge in [-0.2, -0.15) is 0 Å². The molecule has 1 amide bonds. The van der Waals surface area contributed by atoms with Gasteiger partial charge in [0.15, 0.2) is 11.6 Å². The smallest absolute Gasteiger partial charge is 0.240 e. The first kappa shape index (κ1) is 22.0. The fourth-order valence-corrected chi connectivity index (χ4v) is 4.57. The molecule has 3 aromatic carbocycles. The van der Waals surface area contributed by atoms with E-state index < -0.39 is 17.0 Å². The Hall–Kier alpha value is -3.25. The van der Waals surface area contributed by atoms with Gasteiger partial charge in [0.25, 0.3) is 0 Å². The lowest BCUT2D eigenvalue weighted by atomic mass is 9.79. The Morgan fingerprint density at radius 3 is 2.38 bits per heavy atom. The van der Waals surface area contributed by atoms with Crippen LogP contribution in [-0.2, 0) is 17.8 Å². The summed E-state index contributed by atoms with van der Waals surface area (Å²) < 4.78 is 35.4. The molecule has 1 saturated carbocycles. The van der Waals surface area contributed by atoms with E-state index in [0.717, 1.165) is 36.8 Å². The molecule has 0 unspecified atom stereocenters. The van der Waals surface area contributed by atoms with Crippen LogP contribution in [0.5, 0.6) is 5.75 Å². The van der Waals surface area contributed by atoms with Gasteiger partial charge < -0.3 is 4.74 Å². The van der Waals surface area contributed by atoms with Crippen molar-refractivity contribution in [1.82, 2.24) is 5.43 Å². The summed E-state index contributed by atoms with van der Waals surface area (Å²) in [5.41, 5.74) is 3.95. The lowest BCUT2D eigenvalue weighted by molar-refractivity contribution is -0.130. The topological polar surface area (TPSA) is 64.3 Å². The van der Waals surface area contributed by atoms with Gasteiger partial charge in [-0.3, -0.25) is 10.2 Å². The van der Waals surface area contributed by atoms with E-state index in [9.17, 15) is 13.6 Å². The third-order valence-corrected chi connectivity index (χ3v) is 6.23. The van der Waals surface area contributed by atoms with E-state index in [1.54, 1.807) is 18.2 Å². The molecule has 0 aromatic heterocycles. The first-order chi connectivity index (χ1) is 15.5. The normalized spacial score (nSPS) is 14.8. The van der Waals surface area contributed by atoms with Crippen LogP contribution in [0.3, 0.4) is 0 Å². The zero-order valence-electron chi connectivity index (χ0n) is 17.7. The molecular weight excluding hydrogens is 410 g/mol. The largest absolute Gasteiger partial charge is 0.485 e. The minimum atomic E-state index is -0.599. The van der Waals surface area contributed by atoms with Crippen molar-refractivity contribution >= 4 is 5.91 Å². The number of carbonyl (C=O) groups excluding carboxylic acids is 1. The minimum absolute atomic E-state index is 0.00249. The van der Waals surface area contributed by atoms with Crippen molar-refractivity contribution in [2.75, 3.05) is 0 Å². The first-order valence-electron chi connectivity index (χ1n) is 10.8. The second-order valence-electron chi connectivity index (χ2n) is 8.34. The van der Waals surface area contributed by atoms with Crippen molar-refractivity contribution in [2.24, 2.45) is 11.3 Å². The van der Waals surface area contributed by atoms with Gasteiger partial charge in [0.05, 0.1) is 5.41 Å².